The normalized spacial score (nSPS) is 19.0. The number of guanidine groups is 1. The van der Waals surface area contributed by atoms with Crippen LogP contribution in [0.25, 0.3) is 0 Å². The zero-order valence-electron chi connectivity index (χ0n) is 12.8. The molecule has 1 atom stereocenters. The Bertz CT molecular complexity index is 662. The van der Waals surface area contributed by atoms with Crippen LogP contribution in [0.1, 0.15) is 23.5 Å². The second-order valence-corrected chi connectivity index (χ2v) is 7.83. The molecule has 1 unspecified atom stereocenters. The highest BCUT2D eigenvalue weighted by Crippen LogP contribution is 2.26. The van der Waals surface area contributed by atoms with Gasteiger partial charge in [-0.05, 0) is 44.9 Å². The number of hydrogen-bond acceptors (Lipinski definition) is 3. The fourth-order valence-electron chi connectivity index (χ4n) is 2.83. The zero-order valence-corrected chi connectivity index (χ0v) is 15.2. The van der Waals surface area contributed by atoms with Crippen LogP contribution in [0.2, 0.25) is 0 Å². The second-order valence-electron chi connectivity index (χ2n) is 5.54. The van der Waals surface area contributed by atoms with E-state index in [0.717, 1.165) is 35.8 Å². The summed E-state index contributed by atoms with van der Waals surface area (Å²) >= 11 is 5.21. The highest BCUT2D eigenvalue weighted by atomic mass is 79.9. The van der Waals surface area contributed by atoms with Crippen LogP contribution in [-0.4, -0.2) is 40.8 Å². The minimum Gasteiger partial charge on any atom is -0.352 e. The second kappa shape index (κ2) is 6.83. The maximum Gasteiger partial charge on any atom is 0.193 e. The van der Waals surface area contributed by atoms with Gasteiger partial charge in [0.05, 0.1) is 9.98 Å². The van der Waals surface area contributed by atoms with E-state index in [1.807, 2.05) is 25.0 Å². The number of aryl methyl sites for hydroxylation is 1. The summed E-state index contributed by atoms with van der Waals surface area (Å²) in [5.41, 5.74) is 2.60. The molecule has 0 aliphatic carbocycles. The standard InChI is InChI=1S/C15H20BrN5S/c1-17-15(18-6-11-5-14(16)22-10-11)21-4-3-12(9-21)13-7-19-20(2)8-13/h5,7-8,10,12H,3-4,6,9H2,1-2H3,(H,17,18). The van der Waals surface area contributed by atoms with Gasteiger partial charge in [-0.2, -0.15) is 5.10 Å². The Morgan fingerprint density at radius 2 is 2.45 bits per heavy atom. The summed E-state index contributed by atoms with van der Waals surface area (Å²) in [4.78, 5) is 6.76. The highest BCUT2D eigenvalue weighted by Gasteiger charge is 2.26. The Hall–Kier alpha value is -1.34. The average molecular weight is 382 g/mol. The van der Waals surface area contributed by atoms with Gasteiger partial charge in [0.1, 0.15) is 0 Å². The summed E-state index contributed by atoms with van der Waals surface area (Å²) in [7, 11) is 3.82. The minimum absolute atomic E-state index is 0.544. The predicted octanol–water partition coefficient (Wildman–Crippen LogP) is 2.81. The van der Waals surface area contributed by atoms with Crippen LogP contribution in [0.3, 0.4) is 0 Å². The van der Waals surface area contributed by atoms with Crippen LogP contribution in [0.4, 0.5) is 0 Å². The van der Waals surface area contributed by atoms with Crippen molar-refractivity contribution >= 4 is 33.2 Å². The summed E-state index contributed by atoms with van der Waals surface area (Å²) in [6, 6.07) is 2.15. The van der Waals surface area contributed by atoms with Gasteiger partial charge in [-0.3, -0.25) is 9.67 Å². The number of thiophene rings is 1. The van der Waals surface area contributed by atoms with Gasteiger partial charge < -0.3 is 10.2 Å². The van der Waals surface area contributed by atoms with Crippen LogP contribution in [0.5, 0.6) is 0 Å². The maximum absolute atomic E-state index is 4.43. The number of likely N-dealkylation sites (tertiary alicyclic amines) is 1. The lowest BCUT2D eigenvalue weighted by Gasteiger charge is -2.21. The third kappa shape index (κ3) is 3.52. The van der Waals surface area contributed by atoms with Gasteiger partial charge in [-0.15, -0.1) is 11.3 Å². The largest absolute Gasteiger partial charge is 0.352 e. The van der Waals surface area contributed by atoms with Gasteiger partial charge in [0.25, 0.3) is 0 Å². The van der Waals surface area contributed by atoms with Gasteiger partial charge in [0, 0.05) is 45.8 Å². The smallest absolute Gasteiger partial charge is 0.193 e. The molecule has 1 aliphatic heterocycles. The number of nitrogens with zero attached hydrogens (tertiary/aromatic N) is 4. The number of nitrogens with one attached hydrogen (secondary N) is 1. The number of hydrogen-bond donors (Lipinski definition) is 1. The van der Waals surface area contributed by atoms with Crippen molar-refractivity contribution in [3.63, 3.8) is 0 Å². The molecule has 2 aromatic rings. The first kappa shape index (κ1) is 15.6. The molecule has 118 valence electrons. The summed E-state index contributed by atoms with van der Waals surface area (Å²) in [6.45, 7) is 2.84. The van der Waals surface area contributed by atoms with E-state index in [2.05, 4.69) is 53.9 Å². The van der Waals surface area contributed by atoms with Gasteiger partial charge in [-0.1, -0.05) is 0 Å². The lowest BCUT2D eigenvalue weighted by molar-refractivity contribution is 0.486. The lowest BCUT2D eigenvalue weighted by Crippen LogP contribution is -2.39. The lowest BCUT2D eigenvalue weighted by atomic mass is 10.0. The monoisotopic (exact) mass is 381 g/mol. The first-order chi connectivity index (χ1) is 10.7. The van der Waals surface area contributed by atoms with Crippen molar-refractivity contribution < 1.29 is 0 Å². The van der Waals surface area contributed by atoms with E-state index in [-0.39, 0.29) is 0 Å². The Morgan fingerprint density at radius 1 is 1.59 bits per heavy atom. The third-order valence-corrected chi connectivity index (χ3v) is 5.52. The van der Waals surface area contributed by atoms with Crippen LogP contribution < -0.4 is 5.32 Å². The van der Waals surface area contributed by atoms with Gasteiger partial charge >= 0.3 is 0 Å². The molecule has 0 radical (unpaired) electrons. The Kier molecular flexibility index (Phi) is 4.83. The van der Waals surface area contributed by atoms with Crippen molar-refractivity contribution in [2.24, 2.45) is 12.0 Å². The molecule has 1 N–H and O–H groups in total. The third-order valence-electron chi connectivity index (χ3n) is 3.97. The van der Waals surface area contributed by atoms with E-state index >= 15 is 0 Å². The van der Waals surface area contributed by atoms with Crippen LogP contribution in [0, 0.1) is 0 Å². The van der Waals surface area contributed by atoms with Crippen molar-refractivity contribution in [1.29, 1.82) is 0 Å². The number of aliphatic imine (C=N–C) groups is 1. The fourth-order valence-corrected chi connectivity index (χ4v) is 4.04. The zero-order chi connectivity index (χ0) is 15.5. The maximum atomic E-state index is 4.43. The predicted molar refractivity (Wildman–Crippen MR) is 94.4 cm³/mol. The molecule has 0 bridgehead atoms. The van der Waals surface area contributed by atoms with Crippen molar-refractivity contribution in [1.82, 2.24) is 20.0 Å². The molecule has 7 heteroatoms. The number of halogens is 1. The minimum atomic E-state index is 0.544. The molecule has 1 fully saturated rings. The molecule has 0 aromatic carbocycles. The molecule has 0 spiro atoms. The Labute approximate surface area is 143 Å². The first-order valence-corrected chi connectivity index (χ1v) is 9.00. The Morgan fingerprint density at radius 3 is 3.09 bits per heavy atom. The fraction of sp³-hybridized carbons (Fsp3) is 0.467. The molecule has 1 saturated heterocycles. The van der Waals surface area contributed by atoms with Crippen LogP contribution >= 0.6 is 27.3 Å². The average Bonchev–Trinajstić information content (AvgIpc) is 3.21. The number of rotatable bonds is 3. The number of aromatic nitrogens is 2. The Balaban J connectivity index is 1.58. The quantitative estimate of drug-likeness (QED) is 0.656. The van der Waals surface area contributed by atoms with E-state index < -0.39 is 0 Å². The van der Waals surface area contributed by atoms with Gasteiger partial charge in [0.15, 0.2) is 5.96 Å². The summed E-state index contributed by atoms with van der Waals surface area (Å²) in [6.07, 6.45) is 5.25. The summed E-state index contributed by atoms with van der Waals surface area (Å²) < 4.78 is 3.04. The van der Waals surface area contributed by atoms with E-state index in [1.54, 1.807) is 11.3 Å². The molecule has 3 heterocycles. The van der Waals surface area contributed by atoms with Crippen molar-refractivity contribution in [2.45, 2.75) is 18.9 Å². The van der Waals surface area contributed by atoms with E-state index in [1.165, 1.54) is 11.1 Å². The van der Waals surface area contributed by atoms with Crippen molar-refractivity contribution in [2.75, 3.05) is 20.1 Å². The molecule has 1 aliphatic rings. The van der Waals surface area contributed by atoms with Crippen molar-refractivity contribution in [3.8, 4) is 0 Å². The van der Waals surface area contributed by atoms with Crippen LogP contribution in [-0.2, 0) is 13.6 Å². The molecule has 0 amide bonds. The molecular weight excluding hydrogens is 362 g/mol. The van der Waals surface area contributed by atoms with Crippen molar-refractivity contribution in [3.05, 3.63) is 38.8 Å². The molecular formula is C15H20BrN5S. The summed E-state index contributed by atoms with van der Waals surface area (Å²) in [5, 5.41) is 9.90. The molecule has 5 nitrogen and oxygen atoms in total. The van der Waals surface area contributed by atoms with E-state index in [0.29, 0.717) is 5.92 Å². The molecule has 22 heavy (non-hydrogen) atoms. The molecule has 2 aromatic heterocycles. The van der Waals surface area contributed by atoms with Gasteiger partial charge in [-0.25, -0.2) is 0 Å². The topological polar surface area (TPSA) is 45.5 Å². The highest BCUT2D eigenvalue weighted by molar-refractivity contribution is 9.11. The van der Waals surface area contributed by atoms with Crippen LogP contribution in [0.15, 0.2) is 32.6 Å². The molecule has 0 saturated carbocycles. The SMILES string of the molecule is CN=C(NCc1csc(Br)c1)N1CCC(c2cnn(C)c2)C1. The van der Waals surface area contributed by atoms with E-state index in [4.69, 9.17) is 0 Å². The van der Waals surface area contributed by atoms with E-state index in [9.17, 15) is 0 Å². The summed E-state index contributed by atoms with van der Waals surface area (Å²) in [5.74, 6) is 1.52. The first-order valence-electron chi connectivity index (χ1n) is 7.32. The molecule has 3 rings (SSSR count). The van der Waals surface area contributed by atoms with Gasteiger partial charge in [0.2, 0.25) is 0 Å².